The number of amides is 1. The Bertz CT molecular complexity index is 912. The van der Waals surface area contributed by atoms with E-state index >= 15 is 0 Å². The second kappa shape index (κ2) is 8.89. The van der Waals surface area contributed by atoms with E-state index in [0.29, 0.717) is 16.1 Å². The summed E-state index contributed by atoms with van der Waals surface area (Å²) in [5.74, 6) is -0.865. The van der Waals surface area contributed by atoms with Crippen molar-refractivity contribution in [3.63, 3.8) is 0 Å². The van der Waals surface area contributed by atoms with Crippen molar-refractivity contribution in [2.75, 3.05) is 5.32 Å². The number of phenols is 1. The van der Waals surface area contributed by atoms with Gasteiger partial charge in [0.1, 0.15) is 16.8 Å². The van der Waals surface area contributed by atoms with Crippen LogP contribution in [0.2, 0.25) is 0 Å². The van der Waals surface area contributed by atoms with Crippen LogP contribution < -0.4 is 5.32 Å². The average Bonchev–Trinajstić information content (AvgIpc) is 2.83. The van der Waals surface area contributed by atoms with Crippen molar-refractivity contribution in [2.24, 2.45) is 0 Å². The molecule has 0 spiro atoms. The smallest absolute Gasteiger partial charge is 0.311 e. The number of nitriles is 1. The molecule has 0 aliphatic heterocycles. The monoisotopic (exact) mass is 398 g/mol. The largest absolute Gasteiger partial charge is 0.508 e. The van der Waals surface area contributed by atoms with E-state index < -0.39 is 18.0 Å². The SMILES string of the molecule is C[C@@H](OC(=O)Cc1ccc(O)cc1)C(=O)Nc1sc2c(c1C#N)CCCCC2. The van der Waals surface area contributed by atoms with E-state index in [1.807, 2.05) is 0 Å². The Kier molecular flexibility index (Phi) is 6.32. The van der Waals surface area contributed by atoms with Gasteiger partial charge in [0, 0.05) is 4.88 Å². The van der Waals surface area contributed by atoms with Crippen molar-refractivity contribution in [1.29, 1.82) is 5.26 Å². The molecule has 2 aromatic rings. The van der Waals surface area contributed by atoms with Crippen LogP contribution in [-0.2, 0) is 33.6 Å². The zero-order valence-electron chi connectivity index (χ0n) is 15.7. The van der Waals surface area contributed by atoms with Gasteiger partial charge in [0.2, 0.25) is 0 Å². The molecule has 1 heterocycles. The maximum atomic E-state index is 12.5. The van der Waals surface area contributed by atoms with Crippen LogP contribution in [0.1, 0.15) is 47.8 Å². The van der Waals surface area contributed by atoms with Gasteiger partial charge in [0.05, 0.1) is 12.0 Å². The molecular formula is C21H22N2O4S. The fourth-order valence-electron chi connectivity index (χ4n) is 3.24. The molecule has 28 heavy (non-hydrogen) atoms. The third-order valence-corrected chi connectivity index (χ3v) is 5.94. The van der Waals surface area contributed by atoms with E-state index in [0.717, 1.165) is 37.7 Å². The van der Waals surface area contributed by atoms with Crippen molar-refractivity contribution in [3.8, 4) is 11.8 Å². The van der Waals surface area contributed by atoms with Crippen molar-refractivity contribution in [1.82, 2.24) is 0 Å². The number of nitrogens with zero attached hydrogens (tertiary/aromatic N) is 1. The topological polar surface area (TPSA) is 99.4 Å². The fourth-order valence-corrected chi connectivity index (χ4v) is 4.48. The molecule has 1 atom stereocenters. The lowest BCUT2D eigenvalue weighted by atomic mass is 10.1. The third-order valence-electron chi connectivity index (χ3n) is 4.73. The summed E-state index contributed by atoms with van der Waals surface area (Å²) in [6.45, 7) is 1.51. The molecule has 3 rings (SSSR count). The van der Waals surface area contributed by atoms with Gasteiger partial charge in [-0.05, 0) is 55.9 Å². The van der Waals surface area contributed by atoms with Crippen LogP contribution in [0.3, 0.4) is 0 Å². The first-order valence-corrected chi connectivity index (χ1v) is 10.1. The Morgan fingerprint density at radius 2 is 1.96 bits per heavy atom. The molecule has 0 fully saturated rings. The Morgan fingerprint density at radius 3 is 2.68 bits per heavy atom. The van der Waals surface area contributed by atoms with Gasteiger partial charge in [0.25, 0.3) is 5.91 Å². The Labute approximate surface area is 167 Å². The zero-order valence-corrected chi connectivity index (χ0v) is 16.5. The molecule has 1 amide bonds. The highest BCUT2D eigenvalue weighted by molar-refractivity contribution is 7.16. The van der Waals surface area contributed by atoms with Gasteiger partial charge in [-0.3, -0.25) is 9.59 Å². The number of carbonyl (C=O) groups is 2. The number of carbonyl (C=O) groups excluding carboxylic acids is 2. The number of hydrogen-bond acceptors (Lipinski definition) is 6. The normalized spacial score (nSPS) is 14.3. The maximum Gasteiger partial charge on any atom is 0.311 e. The second-order valence-corrected chi connectivity index (χ2v) is 7.95. The number of esters is 1. The summed E-state index contributed by atoms with van der Waals surface area (Å²) >= 11 is 1.45. The number of phenolic OH excluding ortho intramolecular Hbond substituents is 1. The van der Waals surface area contributed by atoms with Gasteiger partial charge in [-0.15, -0.1) is 11.3 Å². The molecule has 6 nitrogen and oxygen atoms in total. The summed E-state index contributed by atoms with van der Waals surface area (Å²) in [7, 11) is 0. The molecule has 1 aliphatic carbocycles. The summed E-state index contributed by atoms with van der Waals surface area (Å²) in [5, 5.41) is 22.1. The fraction of sp³-hybridized carbons (Fsp3) is 0.381. The van der Waals surface area contributed by atoms with Gasteiger partial charge in [-0.1, -0.05) is 18.6 Å². The van der Waals surface area contributed by atoms with Gasteiger partial charge < -0.3 is 15.2 Å². The summed E-state index contributed by atoms with van der Waals surface area (Å²) in [4.78, 5) is 25.7. The molecule has 0 saturated heterocycles. The average molecular weight is 398 g/mol. The summed E-state index contributed by atoms with van der Waals surface area (Å²) in [6.07, 6.45) is 4.13. The molecular weight excluding hydrogens is 376 g/mol. The molecule has 2 N–H and O–H groups in total. The van der Waals surface area contributed by atoms with Crippen LogP contribution >= 0.6 is 11.3 Å². The van der Waals surface area contributed by atoms with Crippen LogP contribution in [0.15, 0.2) is 24.3 Å². The number of nitrogens with one attached hydrogen (secondary N) is 1. The van der Waals surface area contributed by atoms with Crippen molar-refractivity contribution < 1.29 is 19.4 Å². The minimum Gasteiger partial charge on any atom is -0.508 e. The molecule has 0 radical (unpaired) electrons. The molecule has 1 aromatic heterocycles. The van der Waals surface area contributed by atoms with Crippen molar-refractivity contribution in [3.05, 3.63) is 45.8 Å². The summed E-state index contributed by atoms with van der Waals surface area (Å²) < 4.78 is 5.22. The van der Waals surface area contributed by atoms with E-state index in [1.54, 1.807) is 12.1 Å². The predicted octanol–water partition coefficient (Wildman–Crippen LogP) is 3.71. The Hall–Kier alpha value is -2.85. The molecule has 1 aliphatic rings. The zero-order chi connectivity index (χ0) is 20.1. The number of aromatic hydroxyl groups is 1. The molecule has 0 bridgehead atoms. The number of fused-ring (bicyclic) bond motifs is 1. The number of benzene rings is 1. The van der Waals surface area contributed by atoms with E-state index in [9.17, 15) is 20.0 Å². The highest BCUT2D eigenvalue weighted by Crippen LogP contribution is 2.37. The van der Waals surface area contributed by atoms with Crippen LogP contribution in [0.25, 0.3) is 0 Å². The highest BCUT2D eigenvalue weighted by atomic mass is 32.1. The molecule has 0 saturated carbocycles. The van der Waals surface area contributed by atoms with Crippen LogP contribution in [0, 0.1) is 11.3 Å². The Morgan fingerprint density at radius 1 is 1.25 bits per heavy atom. The number of rotatable bonds is 5. The molecule has 7 heteroatoms. The van der Waals surface area contributed by atoms with Gasteiger partial charge in [-0.25, -0.2) is 0 Å². The quantitative estimate of drug-likeness (QED) is 0.591. The minimum atomic E-state index is -0.974. The number of thiophene rings is 1. The predicted molar refractivity (Wildman–Crippen MR) is 106 cm³/mol. The van der Waals surface area contributed by atoms with Crippen LogP contribution in [-0.4, -0.2) is 23.1 Å². The van der Waals surface area contributed by atoms with Crippen LogP contribution in [0.4, 0.5) is 5.00 Å². The van der Waals surface area contributed by atoms with E-state index in [-0.39, 0.29) is 12.2 Å². The maximum absolute atomic E-state index is 12.5. The number of anilines is 1. The second-order valence-electron chi connectivity index (χ2n) is 6.84. The lowest BCUT2D eigenvalue weighted by molar-refractivity contribution is -0.152. The lowest BCUT2D eigenvalue weighted by Gasteiger charge is -2.13. The Balaban J connectivity index is 1.62. The van der Waals surface area contributed by atoms with Gasteiger partial charge in [0.15, 0.2) is 6.10 Å². The van der Waals surface area contributed by atoms with Crippen molar-refractivity contribution >= 4 is 28.2 Å². The highest BCUT2D eigenvalue weighted by Gasteiger charge is 2.24. The molecule has 0 unspecified atom stereocenters. The number of aryl methyl sites for hydroxylation is 1. The summed E-state index contributed by atoms with van der Waals surface area (Å²) in [5.41, 5.74) is 2.28. The lowest BCUT2D eigenvalue weighted by Crippen LogP contribution is -2.30. The number of ether oxygens (including phenoxy) is 1. The van der Waals surface area contributed by atoms with E-state index in [4.69, 9.17) is 4.74 Å². The standard InChI is InChI=1S/C21H22N2O4S/c1-13(27-19(25)11-14-7-9-15(24)10-8-14)20(26)23-21-17(12-22)16-5-3-2-4-6-18(16)28-21/h7-10,13,24H,2-6,11H2,1H3,(H,23,26)/t13-/m1/s1. The third kappa shape index (κ3) is 4.70. The minimum absolute atomic E-state index is 0.00858. The first-order chi connectivity index (χ1) is 13.5. The summed E-state index contributed by atoms with van der Waals surface area (Å²) in [6, 6.07) is 8.45. The van der Waals surface area contributed by atoms with E-state index in [2.05, 4.69) is 11.4 Å². The molecule has 1 aromatic carbocycles. The number of hydrogen-bond donors (Lipinski definition) is 2. The first-order valence-electron chi connectivity index (χ1n) is 9.31. The van der Waals surface area contributed by atoms with E-state index in [1.165, 1.54) is 35.3 Å². The molecule has 146 valence electrons. The first kappa shape index (κ1) is 19.9. The van der Waals surface area contributed by atoms with Crippen LogP contribution in [0.5, 0.6) is 5.75 Å². The van der Waals surface area contributed by atoms with Crippen molar-refractivity contribution in [2.45, 2.75) is 51.6 Å². The van der Waals surface area contributed by atoms with Gasteiger partial charge in [-0.2, -0.15) is 5.26 Å². The van der Waals surface area contributed by atoms with Gasteiger partial charge >= 0.3 is 5.97 Å².